The molecule has 1 aromatic carbocycles. The van der Waals surface area contributed by atoms with Gasteiger partial charge in [0.25, 0.3) is 5.56 Å². The maximum absolute atomic E-state index is 11.9. The topological polar surface area (TPSA) is 44.0 Å². The van der Waals surface area contributed by atoms with Gasteiger partial charge in [-0.05, 0) is 24.6 Å². The van der Waals surface area contributed by atoms with E-state index in [-0.39, 0.29) is 11.2 Å². The van der Waals surface area contributed by atoms with Crippen molar-refractivity contribution in [1.29, 1.82) is 0 Å². The number of aryl methyl sites for hydroxylation is 1. The highest BCUT2D eigenvalue weighted by atomic mass is 35.5. The van der Waals surface area contributed by atoms with Gasteiger partial charge in [0, 0.05) is 24.3 Å². The largest absolute Gasteiger partial charge is 0.335 e. The molecule has 0 aliphatic rings. The molecule has 88 valence electrons. The number of halogens is 1. The summed E-state index contributed by atoms with van der Waals surface area (Å²) in [6, 6.07) is 6.63. The average molecular weight is 251 g/mol. The third-order valence-corrected chi connectivity index (χ3v) is 2.86. The van der Waals surface area contributed by atoms with Gasteiger partial charge < -0.3 is 0 Å². The second kappa shape index (κ2) is 4.22. The minimum atomic E-state index is -0.386. The summed E-state index contributed by atoms with van der Waals surface area (Å²) in [4.78, 5) is 23.2. The first kappa shape index (κ1) is 11.7. The van der Waals surface area contributed by atoms with Gasteiger partial charge in [-0.1, -0.05) is 17.7 Å². The van der Waals surface area contributed by atoms with E-state index in [9.17, 15) is 9.59 Å². The standard InChI is InChI=1S/C12H11ClN2O2/c1-8-3-4-9(13)7-10(8)15-6-5-11(16)14(2)12(15)17/h3-7H,1-2H3. The fourth-order valence-electron chi connectivity index (χ4n) is 1.60. The number of nitrogens with zero attached hydrogens (tertiary/aromatic N) is 2. The zero-order valence-corrected chi connectivity index (χ0v) is 10.2. The van der Waals surface area contributed by atoms with Crippen LogP contribution in [0.25, 0.3) is 5.69 Å². The summed E-state index contributed by atoms with van der Waals surface area (Å²) in [5, 5.41) is 0.548. The maximum Gasteiger partial charge on any atom is 0.335 e. The number of rotatable bonds is 1. The molecule has 0 saturated heterocycles. The van der Waals surface area contributed by atoms with E-state index in [0.29, 0.717) is 10.7 Å². The molecule has 4 nitrogen and oxygen atoms in total. The van der Waals surface area contributed by atoms with Crippen LogP contribution in [0.1, 0.15) is 5.56 Å². The molecule has 17 heavy (non-hydrogen) atoms. The molecule has 0 spiro atoms. The molecule has 2 aromatic rings. The van der Waals surface area contributed by atoms with E-state index in [2.05, 4.69) is 0 Å². The molecule has 0 fully saturated rings. The minimum absolute atomic E-state index is 0.328. The predicted molar refractivity (Wildman–Crippen MR) is 67.0 cm³/mol. The SMILES string of the molecule is Cc1ccc(Cl)cc1-n1ccc(=O)n(C)c1=O. The van der Waals surface area contributed by atoms with E-state index >= 15 is 0 Å². The van der Waals surface area contributed by atoms with Crippen LogP contribution >= 0.6 is 11.6 Å². The molecular weight excluding hydrogens is 240 g/mol. The molecule has 0 unspecified atom stereocenters. The Morgan fingerprint density at radius 1 is 1.18 bits per heavy atom. The van der Waals surface area contributed by atoms with E-state index in [0.717, 1.165) is 10.1 Å². The fourth-order valence-corrected chi connectivity index (χ4v) is 1.76. The Balaban J connectivity index is 2.78. The zero-order valence-electron chi connectivity index (χ0n) is 9.48. The van der Waals surface area contributed by atoms with Crippen LogP contribution in [0.3, 0.4) is 0 Å². The van der Waals surface area contributed by atoms with Crippen LogP contribution in [0.2, 0.25) is 5.02 Å². The molecular formula is C12H11ClN2O2. The predicted octanol–water partition coefficient (Wildman–Crippen LogP) is 1.50. The van der Waals surface area contributed by atoms with Gasteiger partial charge in [-0.3, -0.25) is 13.9 Å². The molecule has 0 amide bonds. The van der Waals surface area contributed by atoms with Crippen molar-refractivity contribution in [2.75, 3.05) is 0 Å². The van der Waals surface area contributed by atoms with E-state index in [1.54, 1.807) is 12.1 Å². The summed E-state index contributed by atoms with van der Waals surface area (Å²) >= 11 is 5.91. The van der Waals surface area contributed by atoms with Crippen LogP contribution in [0.5, 0.6) is 0 Å². The van der Waals surface area contributed by atoms with Gasteiger partial charge in [-0.15, -0.1) is 0 Å². The van der Waals surface area contributed by atoms with Crippen molar-refractivity contribution in [1.82, 2.24) is 9.13 Å². The van der Waals surface area contributed by atoms with E-state index in [4.69, 9.17) is 11.6 Å². The highest BCUT2D eigenvalue weighted by Crippen LogP contribution is 2.17. The van der Waals surface area contributed by atoms with Gasteiger partial charge in [0.05, 0.1) is 5.69 Å². The third kappa shape index (κ3) is 2.03. The molecule has 0 atom stereocenters. The third-order valence-electron chi connectivity index (χ3n) is 2.62. The van der Waals surface area contributed by atoms with Crippen LogP contribution in [0.15, 0.2) is 40.1 Å². The van der Waals surface area contributed by atoms with Crippen molar-refractivity contribution in [3.63, 3.8) is 0 Å². The summed E-state index contributed by atoms with van der Waals surface area (Å²) in [7, 11) is 1.45. The summed E-state index contributed by atoms with van der Waals surface area (Å²) in [5.41, 5.74) is 0.877. The van der Waals surface area contributed by atoms with Crippen molar-refractivity contribution < 1.29 is 0 Å². The first-order chi connectivity index (χ1) is 8.00. The Morgan fingerprint density at radius 3 is 2.59 bits per heavy atom. The van der Waals surface area contributed by atoms with Crippen LogP contribution in [-0.2, 0) is 7.05 Å². The molecule has 0 aliphatic carbocycles. The lowest BCUT2D eigenvalue weighted by Gasteiger charge is -2.10. The Hall–Kier alpha value is -1.81. The van der Waals surface area contributed by atoms with Gasteiger partial charge in [-0.2, -0.15) is 0 Å². The van der Waals surface area contributed by atoms with Crippen molar-refractivity contribution >= 4 is 11.6 Å². The lowest BCUT2D eigenvalue weighted by molar-refractivity contribution is 0.727. The van der Waals surface area contributed by atoms with E-state index < -0.39 is 0 Å². The summed E-state index contributed by atoms with van der Waals surface area (Å²) < 4.78 is 2.46. The van der Waals surface area contributed by atoms with Crippen LogP contribution in [0, 0.1) is 6.92 Å². The summed E-state index contributed by atoms with van der Waals surface area (Å²) in [6.07, 6.45) is 1.46. The van der Waals surface area contributed by atoms with Gasteiger partial charge in [-0.25, -0.2) is 4.79 Å². The fraction of sp³-hybridized carbons (Fsp3) is 0.167. The second-order valence-corrected chi connectivity index (χ2v) is 4.23. The zero-order chi connectivity index (χ0) is 12.6. The van der Waals surface area contributed by atoms with Crippen LogP contribution in [0.4, 0.5) is 0 Å². The molecule has 5 heteroatoms. The molecule has 0 saturated carbocycles. The first-order valence-corrected chi connectivity index (χ1v) is 5.44. The van der Waals surface area contributed by atoms with Crippen molar-refractivity contribution in [2.45, 2.75) is 6.92 Å². The normalized spacial score (nSPS) is 10.5. The monoisotopic (exact) mass is 250 g/mol. The summed E-state index contributed by atoms with van der Waals surface area (Å²) in [5.74, 6) is 0. The van der Waals surface area contributed by atoms with Crippen molar-refractivity contribution in [3.05, 3.63) is 61.9 Å². The lowest BCUT2D eigenvalue weighted by atomic mass is 10.2. The first-order valence-electron chi connectivity index (χ1n) is 5.06. The van der Waals surface area contributed by atoms with Gasteiger partial charge in [0.1, 0.15) is 0 Å². The Kier molecular flexibility index (Phi) is 2.90. The van der Waals surface area contributed by atoms with Crippen LogP contribution < -0.4 is 11.2 Å². The van der Waals surface area contributed by atoms with E-state index in [1.165, 1.54) is 23.9 Å². The van der Waals surface area contributed by atoms with Gasteiger partial charge >= 0.3 is 5.69 Å². The number of benzene rings is 1. The molecule has 0 bridgehead atoms. The molecule has 0 N–H and O–H groups in total. The molecule has 1 aromatic heterocycles. The average Bonchev–Trinajstić information content (AvgIpc) is 2.30. The lowest BCUT2D eigenvalue weighted by Crippen LogP contribution is -2.36. The quantitative estimate of drug-likeness (QED) is 0.770. The highest BCUT2D eigenvalue weighted by Gasteiger charge is 2.06. The number of hydrogen-bond acceptors (Lipinski definition) is 2. The Morgan fingerprint density at radius 2 is 1.88 bits per heavy atom. The maximum atomic E-state index is 11.9. The van der Waals surface area contributed by atoms with Crippen molar-refractivity contribution in [2.24, 2.45) is 7.05 Å². The molecule has 0 radical (unpaired) electrons. The van der Waals surface area contributed by atoms with Crippen molar-refractivity contribution in [3.8, 4) is 5.69 Å². The second-order valence-electron chi connectivity index (χ2n) is 3.80. The highest BCUT2D eigenvalue weighted by molar-refractivity contribution is 6.30. The number of aromatic nitrogens is 2. The number of hydrogen-bond donors (Lipinski definition) is 0. The minimum Gasteiger partial charge on any atom is -0.269 e. The Bertz CT molecular complexity index is 686. The molecule has 2 rings (SSSR count). The van der Waals surface area contributed by atoms with Gasteiger partial charge in [0.2, 0.25) is 0 Å². The van der Waals surface area contributed by atoms with E-state index in [1.807, 2.05) is 13.0 Å². The smallest absolute Gasteiger partial charge is 0.269 e. The molecule has 1 heterocycles. The summed E-state index contributed by atoms with van der Waals surface area (Å²) in [6.45, 7) is 1.88. The van der Waals surface area contributed by atoms with Crippen LogP contribution in [-0.4, -0.2) is 9.13 Å². The Labute approximate surface area is 103 Å². The van der Waals surface area contributed by atoms with Gasteiger partial charge in [0.15, 0.2) is 0 Å². The molecule has 0 aliphatic heterocycles.